The monoisotopic (exact) mass is 485 g/mol. The predicted octanol–water partition coefficient (Wildman–Crippen LogP) is 6.12. The van der Waals surface area contributed by atoms with Crippen molar-refractivity contribution >= 4 is 35.4 Å². The SMILES string of the molecule is CC1(c2ccccc2)CN(C(=O)N(C=O)c2ccc(C(F)(F)F)cc2)N=C1c1ccc(Cl)cc1. The molecule has 0 fully saturated rings. The first-order chi connectivity index (χ1) is 16.1. The fraction of sp³-hybridized carbons (Fsp3) is 0.160. The van der Waals surface area contributed by atoms with Gasteiger partial charge in [-0.3, -0.25) is 4.79 Å². The number of hydrogen-bond acceptors (Lipinski definition) is 3. The van der Waals surface area contributed by atoms with Crippen LogP contribution in [-0.2, 0) is 16.4 Å². The van der Waals surface area contributed by atoms with Crippen LogP contribution in [-0.4, -0.2) is 29.7 Å². The van der Waals surface area contributed by atoms with Crippen molar-refractivity contribution < 1.29 is 22.8 Å². The van der Waals surface area contributed by atoms with Crippen LogP contribution >= 0.6 is 11.6 Å². The van der Waals surface area contributed by atoms with E-state index in [1.807, 2.05) is 37.3 Å². The quantitative estimate of drug-likeness (QED) is 0.418. The molecule has 0 aliphatic carbocycles. The lowest BCUT2D eigenvalue weighted by Gasteiger charge is -2.28. The summed E-state index contributed by atoms with van der Waals surface area (Å²) in [5.41, 5.74) is 0.672. The second kappa shape index (κ2) is 8.95. The van der Waals surface area contributed by atoms with Crippen LogP contribution in [0.5, 0.6) is 0 Å². The van der Waals surface area contributed by atoms with Crippen molar-refractivity contribution in [3.63, 3.8) is 0 Å². The number of anilines is 1. The van der Waals surface area contributed by atoms with E-state index in [2.05, 4.69) is 5.10 Å². The Morgan fingerprint density at radius 3 is 2.21 bits per heavy atom. The predicted molar refractivity (Wildman–Crippen MR) is 124 cm³/mol. The largest absolute Gasteiger partial charge is 0.416 e. The summed E-state index contributed by atoms with van der Waals surface area (Å²) in [6, 6.07) is 19.5. The second-order valence-electron chi connectivity index (χ2n) is 8.01. The van der Waals surface area contributed by atoms with Gasteiger partial charge in [0.15, 0.2) is 0 Å². The van der Waals surface area contributed by atoms with Gasteiger partial charge in [0.2, 0.25) is 6.41 Å². The van der Waals surface area contributed by atoms with Crippen LogP contribution in [0.3, 0.4) is 0 Å². The summed E-state index contributed by atoms with van der Waals surface area (Å²) < 4.78 is 38.7. The van der Waals surface area contributed by atoms with Crippen LogP contribution in [0.1, 0.15) is 23.6 Å². The first-order valence-electron chi connectivity index (χ1n) is 10.3. The van der Waals surface area contributed by atoms with E-state index in [-0.39, 0.29) is 18.6 Å². The highest BCUT2D eigenvalue weighted by Crippen LogP contribution is 2.36. The summed E-state index contributed by atoms with van der Waals surface area (Å²) in [5, 5.41) is 6.25. The second-order valence-corrected chi connectivity index (χ2v) is 8.45. The number of alkyl halides is 3. The molecule has 1 aliphatic heterocycles. The topological polar surface area (TPSA) is 53.0 Å². The smallest absolute Gasteiger partial charge is 0.278 e. The average molecular weight is 486 g/mol. The third-order valence-electron chi connectivity index (χ3n) is 5.74. The lowest BCUT2D eigenvalue weighted by molar-refractivity contribution is -0.137. The van der Waals surface area contributed by atoms with E-state index in [1.54, 1.807) is 24.3 Å². The Labute approximate surface area is 199 Å². The van der Waals surface area contributed by atoms with Gasteiger partial charge in [-0.25, -0.2) is 14.7 Å². The van der Waals surface area contributed by atoms with Gasteiger partial charge >= 0.3 is 12.2 Å². The zero-order chi connectivity index (χ0) is 24.5. The number of imide groups is 1. The molecule has 0 bridgehead atoms. The molecule has 3 amide bonds. The molecule has 5 nitrogen and oxygen atoms in total. The van der Waals surface area contributed by atoms with Gasteiger partial charge in [-0.1, -0.05) is 54.1 Å². The molecule has 3 aromatic carbocycles. The number of amides is 3. The number of hydrogen-bond donors (Lipinski definition) is 0. The van der Waals surface area contributed by atoms with Crippen molar-refractivity contribution in [3.05, 3.63) is 101 Å². The Bertz CT molecular complexity index is 1230. The van der Waals surface area contributed by atoms with Crippen LogP contribution < -0.4 is 4.90 Å². The summed E-state index contributed by atoms with van der Waals surface area (Å²) in [6.07, 6.45) is -4.26. The zero-order valence-electron chi connectivity index (χ0n) is 18.0. The van der Waals surface area contributed by atoms with Crippen molar-refractivity contribution in [3.8, 4) is 0 Å². The van der Waals surface area contributed by atoms with E-state index in [0.29, 0.717) is 10.7 Å². The molecule has 0 radical (unpaired) electrons. The van der Waals surface area contributed by atoms with Crippen molar-refractivity contribution in [1.82, 2.24) is 5.01 Å². The van der Waals surface area contributed by atoms with Crippen molar-refractivity contribution in [2.24, 2.45) is 5.10 Å². The van der Waals surface area contributed by atoms with Gasteiger partial charge in [0.05, 0.1) is 28.9 Å². The molecule has 4 rings (SSSR count). The van der Waals surface area contributed by atoms with E-state index in [1.165, 1.54) is 0 Å². The number of hydrazone groups is 1. The maximum Gasteiger partial charge on any atom is 0.416 e. The molecule has 34 heavy (non-hydrogen) atoms. The standard InChI is InChI=1S/C25H19ClF3N3O2/c1-24(18-5-3-2-4-6-18)15-32(30-22(24)17-7-11-20(26)12-8-17)23(34)31(16-33)21-13-9-19(10-14-21)25(27,28)29/h2-14,16H,15H2,1H3. The van der Waals surface area contributed by atoms with Gasteiger partial charge in [-0.15, -0.1) is 0 Å². The molecule has 1 unspecified atom stereocenters. The lowest BCUT2D eigenvalue weighted by atomic mass is 9.76. The van der Waals surface area contributed by atoms with E-state index in [4.69, 9.17) is 11.6 Å². The maximum atomic E-state index is 13.3. The molecule has 0 saturated heterocycles. The minimum Gasteiger partial charge on any atom is -0.278 e. The average Bonchev–Trinajstić information content (AvgIpc) is 3.19. The van der Waals surface area contributed by atoms with Crippen molar-refractivity contribution in [1.29, 1.82) is 0 Å². The Hall–Kier alpha value is -3.65. The lowest BCUT2D eigenvalue weighted by Crippen LogP contribution is -2.43. The molecule has 0 aromatic heterocycles. The summed E-state index contributed by atoms with van der Waals surface area (Å²) in [4.78, 5) is 25.8. The summed E-state index contributed by atoms with van der Waals surface area (Å²) >= 11 is 6.03. The van der Waals surface area contributed by atoms with E-state index in [0.717, 1.165) is 45.3 Å². The number of halogens is 4. The molecule has 1 aliphatic rings. The molecule has 0 saturated carbocycles. The van der Waals surface area contributed by atoms with Crippen molar-refractivity contribution in [2.45, 2.75) is 18.5 Å². The highest BCUT2D eigenvalue weighted by molar-refractivity contribution is 6.30. The summed E-state index contributed by atoms with van der Waals surface area (Å²) in [5.74, 6) is 0. The van der Waals surface area contributed by atoms with Crippen LogP contribution in [0.4, 0.5) is 23.7 Å². The fourth-order valence-corrected chi connectivity index (χ4v) is 4.05. The minimum absolute atomic E-state index is 0.00422. The van der Waals surface area contributed by atoms with E-state index < -0.39 is 23.2 Å². The Morgan fingerprint density at radius 1 is 1.03 bits per heavy atom. The minimum atomic E-state index is -4.53. The normalized spacial score (nSPS) is 17.9. The van der Waals surface area contributed by atoms with Crippen LogP contribution in [0.25, 0.3) is 0 Å². The molecular formula is C25H19ClF3N3O2. The number of carbonyl (C=O) groups excluding carboxylic acids is 2. The third-order valence-corrected chi connectivity index (χ3v) is 6.00. The molecule has 9 heteroatoms. The Kier molecular flexibility index (Phi) is 6.18. The van der Waals surface area contributed by atoms with Gasteiger partial charge < -0.3 is 0 Å². The Morgan fingerprint density at radius 2 is 1.65 bits per heavy atom. The van der Waals surface area contributed by atoms with Crippen molar-refractivity contribution in [2.75, 3.05) is 11.4 Å². The summed E-state index contributed by atoms with van der Waals surface area (Å²) in [6.45, 7) is 2.06. The van der Waals surface area contributed by atoms with E-state index in [9.17, 15) is 22.8 Å². The molecule has 1 heterocycles. The molecule has 1 atom stereocenters. The number of carbonyl (C=O) groups is 2. The maximum absolute atomic E-state index is 13.3. The van der Waals surface area contributed by atoms with Gasteiger partial charge in [0.25, 0.3) is 0 Å². The highest BCUT2D eigenvalue weighted by atomic mass is 35.5. The van der Waals surface area contributed by atoms with Gasteiger partial charge in [0.1, 0.15) is 0 Å². The van der Waals surface area contributed by atoms with Gasteiger partial charge in [-0.05, 0) is 54.4 Å². The number of urea groups is 1. The van der Waals surface area contributed by atoms with E-state index >= 15 is 0 Å². The number of benzene rings is 3. The van der Waals surface area contributed by atoms with Gasteiger partial charge in [-0.2, -0.15) is 18.3 Å². The first-order valence-corrected chi connectivity index (χ1v) is 10.6. The first kappa shape index (κ1) is 23.5. The third kappa shape index (κ3) is 4.41. The van der Waals surface area contributed by atoms with Gasteiger partial charge in [0, 0.05) is 5.02 Å². The molecule has 3 aromatic rings. The van der Waals surface area contributed by atoms with Crippen LogP contribution in [0.15, 0.2) is 84.0 Å². The Balaban J connectivity index is 1.71. The molecule has 0 N–H and O–H groups in total. The van der Waals surface area contributed by atoms with Crippen LogP contribution in [0, 0.1) is 0 Å². The number of nitrogens with zero attached hydrogens (tertiary/aromatic N) is 3. The molecule has 174 valence electrons. The number of rotatable bonds is 4. The molecular weight excluding hydrogens is 467 g/mol. The van der Waals surface area contributed by atoms with Crippen LogP contribution in [0.2, 0.25) is 5.02 Å². The highest BCUT2D eigenvalue weighted by Gasteiger charge is 2.44. The fourth-order valence-electron chi connectivity index (χ4n) is 3.92. The summed E-state index contributed by atoms with van der Waals surface area (Å²) in [7, 11) is 0. The molecule has 0 spiro atoms. The zero-order valence-corrected chi connectivity index (χ0v) is 18.7.